The predicted octanol–water partition coefficient (Wildman–Crippen LogP) is 5.02. The van der Waals surface area contributed by atoms with Crippen molar-refractivity contribution in [3.05, 3.63) is 101 Å². The molecule has 1 saturated carbocycles. The molecule has 8 heteroatoms. The molecule has 1 aromatic heterocycles. The van der Waals surface area contributed by atoms with E-state index >= 15 is 0 Å². The number of nitrogens with zero attached hydrogens (tertiary/aromatic N) is 2. The van der Waals surface area contributed by atoms with Crippen LogP contribution in [-0.4, -0.2) is 60.6 Å². The zero-order valence-electron chi connectivity index (χ0n) is 25.3. The average Bonchev–Trinajstić information content (AvgIpc) is 3.07. The van der Waals surface area contributed by atoms with E-state index in [4.69, 9.17) is 4.74 Å². The van der Waals surface area contributed by atoms with Gasteiger partial charge < -0.3 is 20.7 Å². The summed E-state index contributed by atoms with van der Waals surface area (Å²) in [5, 5.41) is 10.4. The maximum atomic E-state index is 12.9. The molecule has 2 aliphatic rings. The minimum atomic E-state index is -0.325. The Labute approximate surface area is 255 Å². The molecule has 1 aliphatic carbocycles. The molecule has 2 fully saturated rings. The molecule has 0 spiro atoms. The molecule has 8 nitrogen and oxygen atoms in total. The summed E-state index contributed by atoms with van der Waals surface area (Å²) in [6, 6.07) is 23.0. The SMILES string of the molecule is COC(=O)c1ccc(CNC[C@H](c2ccccc2)N(Cc2ccc(C(=O)NC3CCCCC3)nc2)C2CCNCC2)cc1. The number of hydrogen-bond acceptors (Lipinski definition) is 7. The smallest absolute Gasteiger partial charge is 0.337 e. The minimum absolute atomic E-state index is 0.0698. The first kappa shape index (κ1) is 30.9. The Balaban J connectivity index is 1.30. The monoisotopic (exact) mass is 583 g/mol. The summed E-state index contributed by atoms with van der Waals surface area (Å²) < 4.78 is 4.83. The number of amides is 1. The van der Waals surface area contributed by atoms with Gasteiger partial charge in [0.25, 0.3) is 5.91 Å². The van der Waals surface area contributed by atoms with Crippen LogP contribution in [0.15, 0.2) is 72.9 Å². The number of piperidine rings is 1. The number of pyridine rings is 1. The molecule has 2 aromatic carbocycles. The summed E-state index contributed by atoms with van der Waals surface area (Å²) in [4.78, 5) is 31.9. The largest absolute Gasteiger partial charge is 0.465 e. The Hall–Kier alpha value is -3.59. The Kier molecular flexibility index (Phi) is 11.3. The van der Waals surface area contributed by atoms with Gasteiger partial charge in [-0.25, -0.2) is 4.79 Å². The van der Waals surface area contributed by atoms with Gasteiger partial charge in [0.1, 0.15) is 5.69 Å². The van der Waals surface area contributed by atoms with E-state index in [9.17, 15) is 9.59 Å². The van der Waals surface area contributed by atoms with Gasteiger partial charge in [-0.15, -0.1) is 0 Å². The summed E-state index contributed by atoms with van der Waals surface area (Å²) in [6.07, 6.45) is 9.78. The van der Waals surface area contributed by atoms with Crippen LogP contribution in [0.4, 0.5) is 0 Å². The van der Waals surface area contributed by atoms with Crippen LogP contribution in [0.5, 0.6) is 0 Å². The van der Waals surface area contributed by atoms with Gasteiger partial charge in [0.05, 0.1) is 12.7 Å². The van der Waals surface area contributed by atoms with Crippen molar-refractivity contribution in [1.29, 1.82) is 0 Å². The van der Waals surface area contributed by atoms with E-state index in [2.05, 4.69) is 62.2 Å². The maximum Gasteiger partial charge on any atom is 0.337 e. The second kappa shape index (κ2) is 15.8. The van der Waals surface area contributed by atoms with Gasteiger partial charge in [-0.3, -0.25) is 14.7 Å². The van der Waals surface area contributed by atoms with Crippen LogP contribution in [-0.2, 0) is 17.8 Å². The third-order valence-electron chi connectivity index (χ3n) is 8.77. The zero-order valence-corrected chi connectivity index (χ0v) is 25.3. The second-order valence-corrected chi connectivity index (χ2v) is 11.8. The molecule has 1 amide bonds. The van der Waals surface area contributed by atoms with Crippen LogP contribution in [0, 0.1) is 0 Å². The summed E-state index contributed by atoms with van der Waals surface area (Å²) >= 11 is 0. The quantitative estimate of drug-likeness (QED) is 0.258. The van der Waals surface area contributed by atoms with Gasteiger partial charge in [-0.2, -0.15) is 0 Å². The summed E-state index contributed by atoms with van der Waals surface area (Å²) in [5.41, 5.74) is 4.52. The summed E-state index contributed by atoms with van der Waals surface area (Å²) in [5.74, 6) is -0.395. The van der Waals surface area contributed by atoms with Gasteiger partial charge >= 0.3 is 5.97 Å². The predicted molar refractivity (Wildman–Crippen MR) is 169 cm³/mol. The van der Waals surface area contributed by atoms with E-state index < -0.39 is 0 Å². The normalized spacial score (nSPS) is 17.0. The highest BCUT2D eigenvalue weighted by atomic mass is 16.5. The van der Waals surface area contributed by atoms with E-state index in [0.717, 1.165) is 63.0 Å². The number of ether oxygens (including phenoxy) is 1. The molecule has 3 aromatic rings. The van der Waals surface area contributed by atoms with Crippen molar-refractivity contribution < 1.29 is 14.3 Å². The Bertz CT molecular complexity index is 1290. The van der Waals surface area contributed by atoms with E-state index in [1.165, 1.54) is 31.9 Å². The van der Waals surface area contributed by atoms with Gasteiger partial charge in [0.2, 0.25) is 0 Å². The molecule has 228 valence electrons. The molecule has 1 saturated heterocycles. The van der Waals surface area contributed by atoms with Crippen LogP contribution in [0.1, 0.15) is 88.5 Å². The van der Waals surface area contributed by atoms with Crippen molar-refractivity contribution in [2.45, 2.75) is 76.2 Å². The highest BCUT2D eigenvalue weighted by molar-refractivity contribution is 5.92. The topological polar surface area (TPSA) is 95.6 Å². The Morgan fingerprint density at radius 1 is 0.930 bits per heavy atom. The lowest BCUT2D eigenvalue weighted by Crippen LogP contribution is -2.46. The zero-order chi connectivity index (χ0) is 29.9. The van der Waals surface area contributed by atoms with Crippen LogP contribution in [0.25, 0.3) is 0 Å². The fourth-order valence-electron chi connectivity index (χ4n) is 6.33. The van der Waals surface area contributed by atoms with Crippen molar-refractivity contribution in [3.63, 3.8) is 0 Å². The van der Waals surface area contributed by atoms with Gasteiger partial charge in [-0.05, 0) is 73.7 Å². The molecular weight excluding hydrogens is 538 g/mol. The third-order valence-corrected chi connectivity index (χ3v) is 8.77. The number of hydrogen-bond donors (Lipinski definition) is 3. The van der Waals surface area contributed by atoms with E-state index in [1.807, 2.05) is 36.5 Å². The molecule has 5 rings (SSSR count). The Morgan fingerprint density at radius 3 is 2.33 bits per heavy atom. The Morgan fingerprint density at radius 2 is 1.65 bits per heavy atom. The van der Waals surface area contributed by atoms with Crippen molar-refractivity contribution in [2.75, 3.05) is 26.7 Å². The van der Waals surface area contributed by atoms with Crippen LogP contribution < -0.4 is 16.0 Å². The van der Waals surface area contributed by atoms with Crippen LogP contribution in [0.3, 0.4) is 0 Å². The van der Waals surface area contributed by atoms with E-state index in [-0.39, 0.29) is 24.0 Å². The third kappa shape index (κ3) is 8.72. The lowest BCUT2D eigenvalue weighted by Gasteiger charge is -2.40. The first-order valence-electron chi connectivity index (χ1n) is 15.8. The fourth-order valence-corrected chi connectivity index (χ4v) is 6.33. The van der Waals surface area contributed by atoms with E-state index in [1.54, 1.807) is 0 Å². The highest BCUT2D eigenvalue weighted by Gasteiger charge is 2.29. The summed E-state index contributed by atoms with van der Waals surface area (Å²) in [6.45, 7) is 4.21. The molecule has 0 unspecified atom stereocenters. The van der Waals surface area contributed by atoms with Gasteiger partial charge in [0.15, 0.2) is 0 Å². The first-order chi connectivity index (χ1) is 21.1. The van der Waals surface area contributed by atoms with Crippen molar-refractivity contribution in [1.82, 2.24) is 25.8 Å². The van der Waals surface area contributed by atoms with Gasteiger partial charge in [-0.1, -0.05) is 67.8 Å². The van der Waals surface area contributed by atoms with Crippen molar-refractivity contribution in [2.24, 2.45) is 0 Å². The number of rotatable bonds is 12. The van der Waals surface area contributed by atoms with E-state index in [0.29, 0.717) is 23.8 Å². The fraction of sp³-hybridized carbons (Fsp3) is 0.457. The molecule has 0 bridgehead atoms. The lowest BCUT2D eigenvalue weighted by molar-refractivity contribution is 0.0600. The molecule has 43 heavy (non-hydrogen) atoms. The number of carbonyl (C=O) groups is 2. The van der Waals surface area contributed by atoms with Crippen molar-refractivity contribution in [3.8, 4) is 0 Å². The summed E-state index contributed by atoms with van der Waals surface area (Å²) in [7, 11) is 1.40. The molecule has 2 heterocycles. The highest BCUT2D eigenvalue weighted by Crippen LogP contribution is 2.28. The molecule has 3 N–H and O–H groups in total. The first-order valence-corrected chi connectivity index (χ1v) is 15.8. The molecular formula is C35H45N5O3. The molecule has 1 aliphatic heterocycles. The van der Waals surface area contributed by atoms with Crippen LogP contribution in [0.2, 0.25) is 0 Å². The number of esters is 1. The average molecular weight is 584 g/mol. The maximum absolute atomic E-state index is 12.9. The minimum Gasteiger partial charge on any atom is -0.465 e. The standard InChI is InChI=1S/C35H45N5O3/c1-43-35(42)29-15-12-26(13-16-29)22-37-24-33(28-8-4-2-5-9-28)40(31-18-20-36-21-19-31)25-27-14-17-32(38-23-27)34(41)39-30-10-6-3-7-11-30/h2,4-5,8-9,12-17,23,30-31,33,36-37H,3,6-7,10-11,18-22,24-25H2,1H3,(H,39,41)/t33-/m1/s1. The molecule has 1 atom stereocenters. The van der Waals surface area contributed by atoms with Crippen LogP contribution >= 0.6 is 0 Å². The van der Waals surface area contributed by atoms with Crippen molar-refractivity contribution >= 4 is 11.9 Å². The second-order valence-electron chi connectivity index (χ2n) is 11.8. The van der Waals surface area contributed by atoms with Gasteiger partial charge in [0, 0.05) is 44.0 Å². The number of carbonyl (C=O) groups excluding carboxylic acids is 2. The molecule has 0 radical (unpaired) electrons. The number of methoxy groups -OCH3 is 1. The number of benzene rings is 2. The lowest BCUT2D eigenvalue weighted by atomic mass is 9.95. The number of aromatic nitrogens is 1. The number of nitrogens with one attached hydrogen (secondary N) is 3.